The molecule has 166 valence electrons. The molecule has 2 aromatic heterocycles. The lowest BCUT2D eigenvalue weighted by atomic mass is 9.91. The van der Waals surface area contributed by atoms with Gasteiger partial charge in [0.25, 0.3) is 0 Å². The number of aromatic nitrogens is 2. The Morgan fingerprint density at radius 2 is 2.09 bits per heavy atom. The largest absolute Gasteiger partial charge is 0.393 e. The Bertz CT molecular complexity index is 1170. The van der Waals surface area contributed by atoms with Crippen LogP contribution in [0.3, 0.4) is 0 Å². The molecule has 1 aliphatic heterocycles. The highest BCUT2D eigenvalue weighted by molar-refractivity contribution is 7.18. The molecule has 0 unspecified atom stereocenters. The highest BCUT2D eigenvalue weighted by atomic mass is 35.5. The van der Waals surface area contributed by atoms with Gasteiger partial charge < -0.3 is 15.7 Å². The van der Waals surface area contributed by atoms with Crippen LogP contribution in [-0.2, 0) is 6.42 Å². The number of carbonyl (C=O) groups is 1. The summed E-state index contributed by atoms with van der Waals surface area (Å²) in [5.74, 6) is 0.315. The highest BCUT2D eigenvalue weighted by Gasteiger charge is 2.29. The number of hydrogen-bond acceptors (Lipinski definition) is 7. The van der Waals surface area contributed by atoms with E-state index in [2.05, 4.69) is 26.7 Å². The van der Waals surface area contributed by atoms with Crippen LogP contribution in [0.4, 0.5) is 5.82 Å². The van der Waals surface area contributed by atoms with E-state index in [4.69, 9.17) is 23.2 Å². The minimum absolute atomic E-state index is 0.0848. The molecule has 5 rings (SSSR count). The summed E-state index contributed by atoms with van der Waals surface area (Å²) >= 11 is 14.1. The number of nitrogens with one attached hydrogen (secondary N) is 2. The number of aliphatic hydroxyl groups is 1. The lowest BCUT2D eigenvalue weighted by molar-refractivity contribution is 0.104. The molecule has 3 N–H and O–H groups in total. The van der Waals surface area contributed by atoms with Crippen molar-refractivity contribution in [1.29, 1.82) is 0 Å². The molecule has 2 aliphatic rings. The van der Waals surface area contributed by atoms with Crippen molar-refractivity contribution in [1.82, 2.24) is 15.3 Å². The second-order valence-corrected chi connectivity index (χ2v) is 10.3. The third-order valence-corrected chi connectivity index (χ3v) is 7.74. The minimum Gasteiger partial charge on any atom is -0.393 e. The fourth-order valence-corrected chi connectivity index (χ4v) is 5.99. The maximum absolute atomic E-state index is 13.4. The molecule has 9 heteroatoms. The first-order chi connectivity index (χ1) is 15.5. The lowest BCUT2D eigenvalue weighted by Gasteiger charge is -2.27. The average Bonchev–Trinajstić information content (AvgIpc) is 3.38. The first-order valence-corrected chi connectivity index (χ1v) is 12.2. The third kappa shape index (κ3) is 4.28. The summed E-state index contributed by atoms with van der Waals surface area (Å²) in [7, 11) is 0. The predicted octanol–water partition coefficient (Wildman–Crippen LogP) is 4.64. The molecular formula is C23H22Cl2N4O2S. The monoisotopic (exact) mass is 488 g/mol. The zero-order valence-electron chi connectivity index (χ0n) is 17.1. The van der Waals surface area contributed by atoms with Gasteiger partial charge in [0.2, 0.25) is 5.78 Å². The number of nitrogens with zero attached hydrogens (tertiary/aromatic N) is 2. The number of hydrogen-bond donors (Lipinski definition) is 3. The molecule has 0 spiro atoms. The number of aliphatic hydroxyl groups excluding tert-OH is 1. The van der Waals surface area contributed by atoms with E-state index in [1.807, 2.05) is 18.2 Å². The maximum atomic E-state index is 13.4. The van der Waals surface area contributed by atoms with Crippen LogP contribution < -0.4 is 10.6 Å². The van der Waals surface area contributed by atoms with Crippen molar-refractivity contribution in [2.45, 2.75) is 43.9 Å². The molecule has 3 aromatic rings. The molecule has 6 nitrogen and oxygen atoms in total. The molecule has 0 bridgehead atoms. The summed E-state index contributed by atoms with van der Waals surface area (Å²) in [6.07, 6.45) is 5.78. The highest BCUT2D eigenvalue weighted by Crippen LogP contribution is 2.39. The molecule has 0 amide bonds. The molecular weight excluding hydrogens is 467 g/mol. The van der Waals surface area contributed by atoms with Crippen molar-refractivity contribution in [2.24, 2.45) is 0 Å². The van der Waals surface area contributed by atoms with Gasteiger partial charge >= 0.3 is 0 Å². The molecule has 1 saturated carbocycles. The summed E-state index contributed by atoms with van der Waals surface area (Å²) in [5, 5.41) is 17.3. The minimum atomic E-state index is -0.313. The summed E-state index contributed by atoms with van der Waals surface area (Å²) in [4.78, 5) is 22.3. The smallest absolute Gasteiger partial charge is 0.208 e. The fraction of sp³-hybridized carbons (Fsp3) is 0.348. The number of fused-ring (bicyclic) bond motifs is 1. The number of benzene rings is 1. The standard InChI is InChI=1S/C23H22Cl2N4O2S/c24-13-2-1-12-5-6-27-20(16(12)7-13)17-9-19(32-22(17)25)21(31)18-10-26-11-28-23(18)29-14-3-4-15(30)8-14/h1-2,7,9-11,14-15,20,27,30H,3-6,8H2,(H,26,28,29)/t14-,15+,20-/m1/s1. The predicted molar refractivity (Wildman–Crippen MR) is 127 cm³/mol. The Balaban J connectivity index is 1.44. The second-order valence-electron chi connectivity index (χ2n) is 8.24. The van der Waals surface area contributed by atoms with Crippen LogP contribution >= 0.6 is 34.5 Å². The van der Waals surface area contributed by atoms with Crippen LogP contribution in [0, 0.1) is 0 Å². The van der Waals surface area contributed by atoms with Crippen LogP contribution in [0.1, 0.15) is 57.2 Å². The van der Waals surface area contributed by atoms with Gasteiger partial charge in [-0.25, -0.2) is 9.97 Å². The summed E-state index contributed by atoms with van der Waals surface area (Å²) in [6.45, 7) is 0.822. The normalized spacial score (nSPS) is 22.5. The fourth-order valence-electron chi connectivity index (χ4n) is 4.52. The second kappa shape index (κ2) is 9.08. The number of carbonyl (C=O) groups excluding carboxylic acids is 1. The van der Waals surface area contributed by atoms with E-state index in [1.165, 1.54) is 29.4 Å². The topological polar surface area (TPSA) is 87.1 Å². The van der Waals surface area contributed by atoms with Gasteiger partial charge in [0.05, 0.1) is 26.9 Å². The summed E-state index contributed by atoms with van der Waals surface area (Å²) in [5.41, 5.74) is 3.59. The first-order valence-electron chi connectivity index (χ1n) is 10.6. The van der Waals surface area contributed by atoms with E-state index in [-0.39, 0.29) is 24.0 Å². The van der Waals surface area contributed by atoms with E-state index in [0.717, 1.165) is 36.9 Å². The molecule has 1 aliphatic carbocycles. The van der Waals surface area contributed by atoms with Crippen molar-refractivity contribution in [3.05, 3.63) is 73.3 Å². The zero-order valence-corrected chi connectivity index (χ0v) is 19.5. The van der Waals surface area contributed by atoms with E-state index >= 15 is 0 Å². The Kier molecular flexibility index (Phi) is 6.18. The number of thiophene rings is 1. The van der Waals surface area contributed by atoms with E-state index in [1.54, 1.807) is 0 Å². The van der Waals surface area contributed by atoms with Gasteiger partial charge in [-0.3, -0.25) is 4.79 Å². The molecule has 0 radical (unpaired) electrons. The van der Waals surface area contributed by atoms with Crippen LogP contribution in [0.25, 0.3) is 0 Å². The Morgan fingerprint density at radius 1 is 1.22 bits per heavy atom. The van der Waals surface area contributed by atoms with Gasteiger partial charge in [-0.1, -0.05) is 29.3 Å². The van der Waals surface area contributed by atoms with Crippen molar-refractivity contribution in [2.75, 3.05) is 11.9 Å². The lowest BCUT2D eigenvalue weighted by Crippen LogP contribution is -2.30. The van der Waals surface area contributed by atoms with Crippen molar-refractivity contribution in [3.63, 3.8) is 0 Å². The Hall–Kier alpha value is -2.03. The number of halogens is 2. The Labute approximate surface area is 200 Å². The van der Waals surface area contributed by atoms with Crippen molar-refractivity contribution < 1.29 is 9.90 Å². The number of rotatable bonds is 5. The van der Waals surface area contributed by atoms with Gasteiger partial charge in [-0.15, -0.1) is 11.3 Å². The van der Waals surface area contributed by atoms with Gasteiger partial charge in [0.1, 0.15) is 12.1 Å². The average molecular weight is 489 g/mol. The molecule has 1 aromatic carbocycles. The SMILES string of the molecule is O=C(c1cc([C@@H]2NCCc3ccc(Cl)cc32)c(Cl)s1)c1cncnc1N[C@@H]1CC[C@H](O)C1. The van der Waals surface area contributed by atoms with Crippen LogP contribution in [0.15, 0.2) is 36.8 Å². The Morgan fingerprint density at radius 3 is 2.91 bits per heavy atom. The summed E-state index contributed by atoms with van der Waals surface area (Å²) < 4.78 is 0.573. The quantitative estimate of drug-likeness (QED) is 0.453. The molecule has 3 atom stereocenters. The van der Waals surface area contributed by atoms with Crippen LogP contribution in [-0.4, -0.2) is 39.5 Å². The van der Waals surface area contributed by atoms with Gasteiger partial charge in [0, 0.05) is 29.4 Å². The van der Waals surface area contributed by atoms with E-state index in [9.17, 15) is 9.90 Å². The van der Waals surface area contributed by atoms with Crippen molar-refractivity contribution in [3.8, 4) is 0 Å². The van der Waals surface area contributed by atoms with Gasteiger partial charge in [0.15, 0.2) is 0 Å². The first kappa shape index (κ1) is 21.8. The van der Waals surface area contributed by atoms with E-state index < -0.39 is 0 Å². The molecule has 0 saturated heterocycles. The van der Waals surface area contributed by atoms with Crippen LogP contribution in [0.5, 0.6) is 0 Å². The summed E-state index contributed by atoms with van der Waals surface area (Å²) in [6, 6.07) is 7.75. The number of ketones is 1. The van der Waals surface area contributed by atoms with Gasteiger partial charge in [-0.05, 0) is 55.0 Å². The molecule has 32 heavy (non-hydrogen) atoms. The van der Waals surface area contributed by atoms with Crippen molar-refractivity contribution >= 4 is 46.1 Å². The molecule has 3 heterocycles. The third-order valence-electron chi connectivity index (χ3n) is 6.11. The number of anilines is 1. The van der Waals surface area contributed by atoms with E-state index in [0.29, 0.717) is 32.0 Å². The van der Waals surface area contributed by atoms with Crippen LogP contribution in [0.2, 0.25) is 9.36 Å². The van der Waals surface area contributed by atoms with Gasteiger partial charge in [-0.2, -0.15) is 0 Å². The maximum Gasteiger partial charge on any atom is 0.208 e. The molecule has 1 fully saturated rings. The zero-order chi connectivity index (χ0) is 22.2.